The Morgan fingerprint density at radius 1 is 0.957 bits per heavy atom. The number of piperazine rings is 1. The molecule has 6 rings (SSSR count). The van der Waals surface area contributed by atoms with Gasteiger partial charge in [-0.25, -0.2) is 9.59 Å². The van der Waals surface area contributed by atoms with Crippen LogP contribution in [0, 0.1) is 0 Å². The molecule has 3 saturated heterocycles. The quantitative estimate of drug-likeness (QED) is 0.311. The number of hydrogen-bond acceptors (Lipinski definition) is 7. The van der Waals surface area contributed by atoms with E-state index in [9.17, 15) is 14.4 Å². The molecule has 1 N–H and O–H groups in total. The molecule has 0 saturated carbocycles. The topological polar surface area (TPSA) is 94.1 Å². The molecule has 0 bridgehead atoms. The van der Waals surface area contributed by atoms with E-state index < -0.39 is 11.8 Å². The molecule has 0 aliphatic carbocycles. The van der Waals surface area contributed by atoms with Crippen molar-refractivity contribution in [2.75, 3.05) is 52.9 Å². The minimum atomic E-state index is -0.904. The molecular formula is C34H42Br2N6O4. The maximum Gasteiger partial charge on any atom is 0.411 e. The van der Waals surface area contributed by atoms with Gasteiger partial charge in [0.15, 0.2) is 0 Å². The van der Waals surface area contributed by atoms with E-state index >= 15 is 0 Å². The summed E-state index contributed by atoms with van der Waals surface area (Å²) in [5, 5.41) is 0. The molecule has 3 fully saturated rings. The Bertz CT molecular complexity index is 1570. The van der Waals surface area contributed by atoms with Crippen LogP contribution in [-0.4, -0.2) is 106 Å². The number of nitrogens with one attached hydrogen (secondary N) is 1. The largest absolute Gasteiger partial charge is 0.445 e. The summed E-state index contributed by atoms with van der Waals surface area (Å²) in [5.74, 6) is 0. The Morgan fingerprint density at radius 2 is 1.67 bits per heavy atom. The number of benzene rings is 2. The lowest BCUT2D eigenvalue weighted by atomic mass is 9.85. The van der Waals surface area contributed by atoms with Gasteiger partial charge >= 0.3 is 11.8 Å². The highest BCUT2D eigenvalue weighted by Crippen LogP contribution is 2.41. The van der Waals surface area contributed by atoms with Crippen LogP contribution < -0.4 is 5.69 Å². The number of imidazole rings is 1. The summed E-state index contributed by atoms with van der Waals surface area (Å²) in [5.41, 5.74) is 1.46. The van der Waals surface area contributed by atoms with E-state index in [1.54, 1.807) is 9.47 Å². The van der Waals surface area contributed by atoms with Crippen LogP contribution in [0.2, 0.25) is 0 Å². The van der Waals surface area contributed by atoms with Crippen molar-refractivity contribution in [2.24, 2.45) is 0 Å². The lowest BCUT2D eigenvalue weighted by Crippen LogP contribution is -2.68. The first-order valence-electron chi connectivity index (χ1n) is 16.1. The molecular weight excluding hydrogens is 716 g/mol. The van der Waals surface area contributed by atoms with Crippen LogP contribution >= 0.6 is 31.9 Å². The fourth-order valence-electron chi connectivity index (χ4n) is 7.46. The fourth-order valence-corrected chi connectivity index (χ4v) is 8.14. The summed E-state index contributed by atoms with van der Waals surface area (Å²) in [4.78, 5) is 51.9. The summed E-state index contributed by atoms with van der Waals surface area (Å²) >= 11 is 7.02. The van der Waals surface area contributed by atoms with Crippen molar-refractivity contribution in [3.05, 3.63) is 79.7 Å². The van der Waals surface area contributed by atoms with E-state index in [1.807, 2.05) is 54.7 Å². The predicted molar refractivity (Wildman–Crippen MR) is 185 cm³/mol. The third-order valence-electron chi connectivity index (χ3n) is 10.1. The summed E-state index contributed by atoms with van der Waals surface area (Å²) in [6.07, 6.45) is 5.47. The number of aromatic nitrogens is 2. The molecule has 46 heavy (non-hydrogen) atoms. The highest BCUT2D eigenvalue weighted by molar-refractivity contribution is 9.13. The smallest absolute Gasteiger partial charge is 0.411 e. The Morgan fingerprint density at radius 3 is 2.37 bits per heavy atom. The molecule has 10 nitrogen and oxygen atoms in total. The minimum absolute atomic E-state index is 0.116. The third kappa shape index (κ3) is 7.06. The second kappa shape index (κ2) is 14.6. The van der Waals surface area contributed by atoms with Crippen molar-refractivity contribution in [2.45, 2.75) is 56.5 Å². The van der Waals surface area contributed by atoms with Crippen LogP contribution in [0.1, 0.15) is 43.7 Å². The summed E-state index contributed by atoms with van der Waals surface area (Å²) in [6, 6.07) is 15.8. The predicted octanol–water partition coefficient (Wildman–Crippen LogP) is 5.34. The van der Waals surface area contributed by atoms with Crippen molar-refractivity contribution in [1.29, 1.82) is 0 Å². The number of piperidine rings is 2. The fraction of sp³-hybridized carbons (Fsp3) is 0.500. The summed E-state index contributed by atoms with van der Waals surface area (Å²) < 4.78 is 9.50. The average molecular weight is 759 g/mol. The number of rotatable bonds is 8. The van der Waals surface area contributed by atoms with Crippen LogP contribution in [0.4, 0.5) is 4.79 Å². The van der Waals surface area contributed by atoms with E-state index in [1.165, 1.54) is 0 Å². The molecule has 2 aromatic carbocycles. The molecule has 1 aromatic heterocycles. The number of carbonyl (C=O) groups is 2. The normalized spacial score (nSPS) is 23.8. The minimum Gasteiger partial charge on any atom is -0.445 e. The highest BCUT2D eigenvalue weighted by atomic mass is 79.9. The van der Waals surface area contributed by atoms with Crippen molar-refractivity contribution < 1.29 is 14.3 Å². The van der Waals surface area contributed by atoms with Gasteiger partial charge in [-0.3, -0.25) is 19.3 Å². The number of aldehydes is 1. The molecule has 0 radical (unpaired) electrons. The zero-order chi connectivity index (χ0) is 32.3. The molecule has 3 aliphatic heterocycles. The Hall–Kier alpha value is -2.77. The molecule has 2 atom stereocenters. The Kier molecular flexibility index (Phi) is 10.5. The van der Waals surface area contributed by atoms with Crippen LogP contribution in [0.25, 0.3) is 11.3 Å². The molecule has 0 spiro atoms. The maximum atomic E-state index is 14.0. The van der Waals surface area contributed by atoms with Gasteiger partial charge in [-0.05, 0) is 81.4 Å². The monoisotopic (exact) mass is 756 g/mol. The first kappa shape index (κ1) is 33.1. The standard InChI is InChI=1S/C34H42Br2N6O4/c1-38-16-18-39(19-17-38)27-9-13-40(14-10-27)34(12-20-43)22-28(41-23-31(37-32(41)44)26-5-3-2-4-6-26)11-15-42(34)33(45)46-24-25-7-8-29(35)30(36)21-25/h2-8,20-21,23,27-28H,9-19,22,24H2,1H3,(H,37,44)/t28-,34+/m1/s1. The first-order valence-corrected chi connectivity index (χ1v) is 17.7. The van der Waals surface area contributed by atoms with Crippen LogP contribution in [0.15, 0.2) is 68.5 Å². The van der Waals surface area contributed by atoms with Gasteiger partial charge < -0.3 is 19.4 Å². The molecule has 1 amide bonds. The van der Waals surface area contributed by atoms with Gasteiger partial charge in [0, 0.05) is 85.9 Å². The maximum absolute atomic E-state index is 14.0. The number of amides is 1. The number of hydrogen-bond donors (Lipinski definition) is 1. The van der Waals surface area contributed by atoms with Crippen LogP contribution in [-0.2, 0) is 16.1 Å². The Balaban J connectivity index is 1.26. The van der Waals surface area contributed by atoms with Crippen molar-refractivity contribution in [3.8, 4) is 11.3 Å². The van der Waals surface area contributed by atoms with Crippen molar-refractivity contribution >= 4 is 44.2 Å². The number of halogens is 2. The van der Waals surface area contributed by atoms with Gasteiger partial charge in [0.1, 0.15) is 18.6 Å². The SMILES string of the molecule is CN1CCN(C2CCN([C@]3(CC=O)C[C@H](n4cc(-c5ccccc5)[nH]c4=O)CCN3C(=O)OCc3ccc(Br)c(Br)c3)CC2)CC1. The van der Waals surface area contributed by atoms with E-state index in [0.29, 0.717) is 25.4 Å². The third-order valence-corrected chi connectivity index (χ3v) is 11.9. The Labute approximate surface area is 286 Å². The van der Waals surface area contributed by atoms with Crippen LogP contribution in [0.3, 0.4) is 0 Å². The van der Waals surface area contributed by atoms with E-state index in [-0.39, 0.29) is 24.8 Å². The van der Waals surface area contributed by atoms with E-state index in [4.69, 9.17) is 4.74 Å². The molecule has 0 unspecified atom stereocenters. The van der Waals surface area contributed by atoms with Crippen molar-refractivity contribution in [3.63, 3.8) is 0 Å². The lowest BCUT2D eigenvalue weighted by Gasteiger charge is -2.56. The van der Waals surface area contributed by atoms with Crippen molar-refractivity contribution in [1.82, 2.24) is 29.2 Å². The molecule has 4 heterocycles. The van der Waals surface area contributed by atoms with Gasteiger partial charge in [0.2, 0.25) is 0 Å². The second-order valence-corrected chi connectivity index (χ2v) is 14.5. The van der Waals surface area contributed by atoms with E-state index in [0.717, 1.165) is 84.2 Å². The zero-order valence-corrected chi connectivity index (χ0v) is 29.4. The number of ether oxygens (including phenoxy) is 1. The van der Waals surface area contributed by atoms with Gasteiger partial charge in [-0.15, -0.1) is 0 Å². The number of aromatic amines is 1. The number of likely N-dealkylation sites (N-methyl/N-ethyl adjacent to an activating group) is 1. The first-order chi connectivity index (χ1) is 22.3. The van der Waals surface area contributed by atoms with E-state index in [2.05, 4.69) is 58.6 Å². The number of carbonyl (C=O) groups excluding carboxylic acids is 2. The summed E-state index contributed by atoms with van der Waals surface area (Å²) in [6.45, 7) is 6.28. The highest BCUT2D eigenvalue weighted by Gasteiger charge is 2.51. The van der Waals surface area contributed by atoms with Gasteiger partial charge in [0.05, 0.1) is 5.69 Å². The van der Waals surface area contributed by atoms with Crippen LogP contribution in [0.5, 0.6) is 0 Å². The lowest BCUT2D eigenvalue weighted by molar-refractivity contribution is -0.127. The molecule has 3 aromatic rings. The zero-order valence-electron chi connectivity index (χ0n) is 26.2. The van der Waals surface area contributed by atoms with Gasteiger partial charge in [-0.2, -0.15) is 0 Å². The van der Waals surface area contributed by atoms with Gasteiger partial charge in [-0.1, -0.05) is 36.4 Å². The average Bonchev–Trinajstić information content (AvgIpc) is 3.47. The molecule has 3 aliphatic rings. The number of likely N-dealkylation sites (tertiary alicyclic amines) is 2. The molecule has 246 valence electrons. The number of H-pyrrole nitrogens is 1. The second-order valence-electron chi connectivity index (χ2n) is 12.8. The molecule has 12 heteroatoms. The summed E-state index contributed by atoms with van der Waals surface area (Å²) in [7, 11) is 2.17. The van der Waals surface area contributed by atoms with Gasteiger partial charge in [0.25, 0.3) is 0 Å². The number of nitrogens with zero attached hydrogens (tertiary/aromatic N) is 5.